The Morgan fingerprint density at radius 1 is 0.488 bits per heavy atom. The van der Waals surface area contributed by atoms with Crippen LogP contribution in [0.4, 0.5) is 0 Å². The first-order valence-electron chi connectivity index (χ1n) is 15.3. The van der Waals surface area contributed by atoms with Crippen LogP contribution in [0.2, 0.25) is 0 Å². The van der Waals surface area contributed by atoms with Crippen LogP contribution in [0.15, 0.2) is 109 Å². The molecular weight excluding hydrogens is 517 g/mol. The highest BCUT2D eigenvalue weighted by molar-refractivity contribution is 6.96. The Balaban J connectivity index is 1.42. The Labute approximate surface area is 255 Å². The predicted molar refractivity (Wildman–Crippen MR) is 188 cm³/mol. The van der Waals surface area contributed by atoms with Crippen molar-refractivity contribution in [3.05, 3.63) is 143 Å². The first kappa shape index (κ1) is 27.2. The smallest absolute Gasteiger partial charge is 0.242 e. The molecule has 0 saturated carbocycles. The fourth-order valence-electron chi connectivity index (χ4n) is 7.48. The molecule has 1 heterocycles. The summed E-state index contributed by atoms with van der Waals surface area (Å²) in [5.74, 6) is 0. The van der Waals surface area contributed by atoms with Crippen molar-refractivity contribution in [3.8, 4) is 11.1 Å². The molecule has 7 rings (SSSR count). The van der Waals surface area contributed by atoms with Gasteiger partial charge in [-0.3, -0.25) is 0 Å². The summed E-state index contributed by atoms with van der Waals surface area (Å²) >= 11 is 0. The standard InChI is InChI=1S/C41H36BN/c1-25-19-27(3)39(28(4)20-25)42(40-29(5)21-26(2)22-30(40)6)34-17-15-31(16-18-34)37-24-33-23-32-11-7-10-14-38(32)43-41(33)36-13-9-8-12-35(36)37/h7-24H,1-6H3. The zero-order chi connectivity index (χ0) is 29.8. The molecule has 0 aliphatic heterocycles. The van der Waals surface area contributed by atoms with Gasteiger partial charge in [0, 0.05) is 16.2 Å². The Morgan fingerprint density at radius 3 is 1.63 bits per heavy atom. The van der Waals surface area contributed by atoms with Gasteiger partial charge in [-0.05, 0) is 76.3 Å². The third-order valence-corrected chi connectivity index (χ3v) is 9.13. The molecule has 0 radical (unpaired) electrons. The van der Waals surface area contributed by atoms with Gasteiger partial charge in [0.25, 0.3) is 0 Å². The maximum atomic E-state index is 5.09. The lowest BCUT2D eigenvalue weighted by atomic mass is 9.34. The van der Waals surface area contributed by atoms with E-state index in [1.54, 1.807) is 0 Å². The molecule has 0 amide bonds. The summed E-state index contributed by atoms with van der Waals surface area (Å²) in [4.78, 5) is 5.09. The lowest BCUT2D eigenvalue weighted by Crippen LogP contribution is -2.55. The topological polar surface area (TPSA) is 12.9 Å². The fraction of sp³-hybridized carbons (Fsp3) is 0.146. The fourth-order valence-corrected chi connectivity index (χ4v) is 7.48. The van der Waals surface area contributed by atoms with Gasteiger partial charge in [0.15, 0.2) is 0 Å². The van der Waals surface area contributed by atoms with Crippen LogP contribution in [0, 0.1) is 41.5 Å². The number of hydrogen-bond acceptors (Lipinski definition) is 1. The summed E-state index contributed by atoms with van der Waals surface area (Å²) in [7, 11) is 0. The minimum absolute atomic E-state index is 0.166. The largest absolute Gasteiger partial charge is 0.247 e. The average molecular weight is 554 g/mol. The molecule has 0 N–H and O–H groups in total. The van der Waals surface area contributed by atoms with Gasteiger partial charge in [-0.25, -0.2) is 4.98 Å². The molecule has 0 saturated heterocycles. The summed E-state index contributed by atoms with van der Waals surface area (Å²) < 4.78 is 0. The number of benzene rings is 6. The summed E-state index contributed by atoms with van der Waals surface area (Å²) in [6, 6.07) is 40.4. The van der Waals surface area contributed by atoms with E-state index in [2.05, 4.69) is 151 Å². The number of aromatic nitrogens is 1. The molecule has 0 atom stereocenters. The van der Waals surface area contributed by atoms with E-state index in [4.69, 9.17) is 4.98 Å². The normalized spacial score (nSPS) is 11.5. The molecule has 0 aliphatic carbocycles. The number of fused-ring (bicyclic) bond motifs is 4. The molecule has 0 aliphatic rings. The van der Waals surface area contributed by atoms with E-state index in [1.807, 2.05) is 0 Å². The highest BCUT2D eigenvalue weighted by Crippen LogP contribution is 2.35. The average Bonchev–Trinajstić information content (AvgIpc) is 2.98. The van der Waals surface area contributed by atoms with Crippen LogP contribution >= 0.6 is 0 Å². The van der Waals surface area contributed by atoms with Gasteiger partial charge in [0.1, 0.15) is 0 Å². The molecule has 43 heavy (non-hydrogen) atoms. The number of rotatable bonds is 4. The Kier molecular flexibility index (Phi) is 6.66. The predicted octanol–water partition coefficient (Wildman–Crippen LogP) is 8.57. The van der Waals surface area contributed by atoms with Crippen LogP contribution < -0.4 is 16.4 Å². The van der Waals surface area contributed by atoms with Crippen molar-refractivity contribution in [2.75, 3.05) is 0 Å². The van der Waals surface area contributed by atoms with E-state index in [0.717, 1.165) is 11.0 Å². The van der Waals surface area contributed by atoms with Gasteiger partial charge in [-0.1, -0.05) is 141 Å². The minimum Gasteiger partial charge on any atom is -0.247 e. The molecule has 0 unspecified atom stereocenters. The molecule has 1 aromatic heterocycles. The number of pyridine rings is 1. The quantitative estimate of drug-likeness (QED) is 0.121. The molecule has 0 fully saturated rings. The minimum atomic E-state index is 0.166. The van der Waals surface area contributed by atoms with E-state index in [-0.39, 0.29) is 6.71 Å². The van der Waals surface area contributed by atoms with E-state index >= 15 is 0 Å². The molecular formula is C41H36BN. The van der Waals surface area contributed by atoms with Crippen LogP contribution in [0.3, 0.4) is 0 Å². The van der Waals surface area contributed by atoms with Gasteiger partial charge in [0.2, 0.25) is 6.71 Å². The first-order chi connectivity index (χ1) is 20.8. The zero-order valence-corrected chi connectivity index (χ0v) is 25.9. The monoisotopic (exact) mass is 553 g/mol. The highest BCUT2D eigenvalue weighted by atomic mass is 14.7. The zero-order valence-electron chi connectivity index (χ0n) is 25.9. The summed E-state index contributed by atoms with van der Waals surface area (Å²) in [5.41, 5.74) is 16.8. The van der Waals surface area contributed by atoms with Crippen LogP contribution in [0.5, 0.6) is 0 Å². The molecule has 208 valence electrons. The summed E-state index contributed by atoms with van der Waals surface area (Å²) in [5, 5.41) is 4.77. The summed E-state index contributed by atoms with van der Waals surface area (Å²) in [6.45, 7) is 13.6. The van der Waals surface area contributed by atoms with Crippen LogP contribution in [-0.4, -0.2) is 11.7 Å². The maximum absolute atomic E-state index is 5.09. The van der Waals surface area contributed by atoms with Gasteiger partial charge in [-0.2, -0.15) is 0 Å². The van der Waals surface area contributed by atoms with Crippen molar-refractivity contribution in [2.24, 2.45) is 0 Å². The SMILES string of the molecule is Cc1cc(C)c(B(c2ccc(-c3cc4cc5ccccc5nc4c4ccccc34)cc2)c2c(C)cc(C)cc2C)c(C)c1. The maximum Gasteiger partial charge on any atom is 0.242 e. The van der Waals surface area contributed by atoms with E-state index in [9.17, 15) is 0 Å². The Hall–Kier alpha value is -4.69. The molecule has 0 spiro atoms. The van der Waals surface area contributed by atoms with Crippen molar-refractivity contribution in [3.63, 3.8) is 0 Å². The van der Waals surface area contributed by atoms with Crippen LogP contribution in [0.25, 0.3) is 43.7 Å². The second-order valence-corrected chi connectivity index (χ2v) is 12.4. The van der Waals surface area contributed by atoms with Crippen molar-refractivity contribution >= 4 is 55.7 Å². The number of nitrogens with zero attached hydrogens (tertiary/aromatic N) is 1. The van der Waals surface area contributed by atoms with Crippen LogP contribution in [0.1, 0.15) is 33.4 Å². The third kappa shape index (κ3) is 4.72. The van der Waals surface area contributed by atoms with Crippen molar-refractivity contribution in [2.45, 2.75) is 41.5 Å². The van der Waals surface area contributed by atoms with E-state index < -0.39 is 0 Å². The van der Waals surface area contributed by atoms with E-state index in [1.165, 1.54) is 82.4 Å². The van der Waals surface area contributed by atoms with Gasteiger partial charge in [0.05, 0.1) is 11.0 Å². The number of aryl methyl sites for hydroxylation is 6. The molecule has 0 bridgehead atoms. The molecule has 7 aromatic rings. The molecule has 2 heteroatoms. The Morgan fingerprint density at radius 2 is 1.02 bits per heavy atom. The van der Waals surface area contributed by atoms with Crippen LogP contribution in [-0.2, 0) is 0 Å². The highest BCUT2D eigenvalue weighted by Gasteiger charge is 2.28. The summed E-state index contributed by atoms with van der Waals surface area (Å²) in [6.07, 6.45) is 0. The lowest BCUT2D eigenvalue weighted by molar-refractivity contribution is 1.34. The van der Waals surface area contributed by atoms with Gasteiger partial charge >= 0.3 is 0 Å². The van der Waals surface area contributed by atoms with Crippen molar-refractivity contribution in [1.82, 2.24) is 4.98 Å². The molecule has 6 aromatic carbocycles. The lowest BCUT2D eigenvalue weighted by Gasteiger charge is -2.25. The molecule has 1 nitrogen and oxygen atoms in total. The van der Waals surface area contributed by atoms with Gasteiger partial charge < -0.3 is 0 Å². The Bertz CT molecular complexity index is 2090. The second kappa shape index (κ2) is 10.5. The number of para-hydroxylation sites is 1. The third-order valence-electron chi connectivity index (χ3n) is 9.13. The van der Waals surface area contributed by atoms with E-state index in [0.29, 0.717) is 0 Å². The number of hydrogen-bond donors (Lipinski definition) is 0. The first-order valence-corrected chi connectivity index (χ1v) is 15.3. The van der Waals surface area contributed by atoms with Gasteiger partial charge in [-0.15, -0.1) is 0 Å². The van der Waals surface area contributed by atoms with Crippen molar-refractivity contribution < 1.29 is 0 Å². The van der Waals surface area contributed by atoms with Crippen molar-refractivity contribution in [1.29, 1.82) is 0 Å². The second-order valence-electron chi connectivity index (χ2n) is 12.4.